The van der Waals surface area contributed by atoms with Gasteiger partial charge in [0, 0.05) is 25.9 Å². The highest BCUT2D eigenvalue weighted by Gasteiger charge is 2.29. The maximum absolute atomic E-state index is 12.2. The van der Waals surface area contributed by atoms with Crippen molar-refractivity contribution < 1.29 is 13.5 Å². The number of aliphatic hydroxyl groups excluding tert-OH is 1. The van der Waals surface area contributed by atoms with E-state index in [0.29, 0.717) is 17.6 Å². The molecule has 19 heavy (non-hydrogen) atoms. The van der Waals surface area contributed by atoms with Gasteiger partial charge in [-0.05, 0) is 46.8 Å². The van der Waals surface area contributed by atoms with Crippen LogP contribution in [0, 0.1) is 5.92 Å². The van der Waals surface area contributed by atoms with E-state index in [1.807, 2.05) is 0 Å². The number of aliphatic hydroxyl groups is 1. The van der Waals surface area contributed by atoms with Crippen LogP contribution in [0.25, 0.3) is 0 Å². The first-order chi connectivity index (χ1) is 9.03. The van der Waals surface area contributed by atoms with Crippen molar-refractivity contribution in [3.8, 4) is 0 Å². The van der Waals surface area contributed by atoms with Gasteiger partial charge >= 0.3 is 10.2 Å². The number of anilines is 1. The molecule has 1 aliphatic rings. The van der Waals surface area contributed by atoms with E-state index in [-0.39, 0.29) is 18.3 Å². The molecule has 1 saturated heterocycles. The monoisotopic (exact) mass is 349 g/mol. The van der Waals surface area contributed by atoms with E-state index in [4.69, 9.17) is 5.11 Å². The van der Waals surface area contributed by atoms with E-state index in [1.54, 1.807) is 12.1 Å². The van der Waals surface area contributed by atoms with Crippen molar-refractivity contribution in [2.45, 2.75) is 12.8 Å². The van der Waals surface area contributed by atoms with Crippen molar-refractivity contribution >= 4 is 32.0 Å². The van der Waals surface area contributed by atoms with Crippen LogP contribution in [-0.2, 0) is 10.2 Å². The van der Waals surface area contributed by atoms with Crippen LogP contribution < -0.4 is 4.72 Å². The molecular weight excluding hydrogens is 334 g/mol. The van der Waals surface area contributed by atoms with E-state index in [0.717, 1.165) is 12.8 Å². The molecule has 0 spiro atoms. The van der Waals surface area contributed by atoms with Crippen LogP contribution in [0.15, 0.2) is 22.8 Å². The van der Waals surface area contributed by atoms with Gasteiger partial charge in [-0.3, -0.25) is 4.72 Å². The molecule has 1 unspecified atom stereocenters. The average molecular weight is 350 g/mol. The summed E-state index contributed by atoms with van der Waals surface area (Å²) in [5, 5.41) is 9.15. The SMILES string of the molecule is O=S(=O)(Nc1ncccc1Br)N1CCCC(CO)C1. The van der Waals surface area contributed by atoms with Gasteiger partial charge in [-0.25, -0.2) is 4.98 Å². The highest BCUT2D eigenvalue weighted by atomic mass is 79.9. The molecule has 1 aliphatic heterocycles. The number of hydrogen-bond donors (Lipinski definition) is 2. The Morgan fingerprint density at radius 2 is 2.37 bits per heavy atom. The summed E-state index contributed by atoms with van der Waals surface area (Å²) in [4.78, 5) is 3.98. The zero-order chi connectivity index (χ0) is 13.9. The van der Waals surface area contributed by atoms with Gasteiger partial charge in [0.1, 0.15) is 0 Å². The molecule has 1 fully saturated rings. The number of nitrogens with one attached hydrogen (secondary N) is 1. The van der Waals surface area contributed by atoms with Crippen molar-refractivity contribution in [3.63, 3.8) is 0 Å². The first-order valence-electron chi connectivity index (χ1n) is 6.02. The first-order valence-corrected chi connectivity index (χ1v) is 8.25. The molecule has 2 rings (SSSR count). The minimum atomic E-state index is -3.62. The largest absolute Gasteiger partial charge is 0.396 e. The zero-order valence-corrected chi connectivity index (χ0v) is 12.7. The summed E-state index contributed by atoms with van der Waals surface area (Å²) >= 11 is 3.25. The Hall–Kier alpha value is -0.700. The Morgan fingerprint density at radius 3 is 3.05 bits per heavy atom. The van der Waals surface area contributed by atoms with Crippen molar-refractivity contribution in [1.82, 2.24) is 9.29 Å². The molecule has 1 atom stereocenters. The van der Waals surface area contributed by atoms with Gasteiger partial charge in [0.2, 0.25) is 0 Å². The Labute approximate surface area is 121 Å². The summed E-state index contributed by atoms with van der Waals surface area (Å²) in [5.74, 6) is 0.283. The lowest BCUT2D eigenvalue weighted by atomic mass is 10.0. The number of rotatable bonds is 4. The predicted molar refractivity (Wildman–Crippen MR) is 75.9 cm³/mol. The maximum atomic E-state index is 12.2. The highest BCUT2D eigenvalue weighted by Crippen LogP contribution is 2.23. The lowest BCUT2D eigenvalue weighted by Gasteiger charge is -2.30. The number of piperidine rings is 1. The Morgan fingerprint density at radius 1 is 1.58 bits per heavy atom. The molecule has 0 saturated carbocycles. The third-order valence-electron chi connectivity index (χ3n) is 3.06. The number of pyridine rings is 1. The normalized spacial score (nSPS) is 21.3. The fourth-order valence-electron chi connectivity index (χ4n) is 2.04. The lowest BCUT2D eigenvalue weighted by molar-refractivity contribution is 0.166. The number of halogens is 1. The Balaban J connectivity index is 2.12. The second-order valence-corrected chi connectivity index (χ2v) is 7.01. The van der Waals surface area contributed by atoms with Crippen LogP contribution in [0.3, 0.4) is 0 Å². The van der Waals surface area contributed by atoms with E-state index in [2.05, 4.69) is 25.6 Å². The minimum Gasteiger partial charge on any atom is -0.396 e. The molecule has 0 aliphatic carbocycles. The molecule has 0 aromatic carbocycles. The molecule has 2 heterocycles. The Kier molecular flexibility index (Phi) is 4.77. The van der Waals surface area contributed by atoms with Crippen LogP contribution in [0.1, 0.15) is 12.8 Å². The number of hydrogen-bond acceptors (Lipinski definition) is 4. The summed E-state index contributed by atoms with van der Waals surface area (Å²) in [6.45, 7) is 0.825. The summed E-state index contributed by atoms with van der Waals surface area (Å²) < 4.78 is 28.9. The molecule has 6 nitrogen and oxygen atoms in total. The standard InChI is InChI=1S/C11H16BrN3O3S/c12-10-4-1-5-13-11(10)14-19(17,18)15-6-2-3-9(7-15)8-16/h1,4-5,9,16H,2-3,6-8H2,(H,13,14). The smallest absolute Gasteiger partial charge is 0.302 e. The van der Waals surface area contributed by atoms with E-state index >= 15 is 0 Å². The maximum Gasteiger partial charge on any atom is 0.302 e. The molecule has 106 valence electrons. The van der Waals surface area contributed by atoms with Crippen molar-refractivity contribution in [2.75, 3.05) is 24.4 Å². The fourth-order valence-corrected chi connectivity index (χ4v) is 3.84. The van der Waals surface area contributed by atoms with Gasteiger partial charge in [-0.1, -0.05) is 0 Å². The topological polar surface area (TPSA) is 82.5 Å². The van der Waals surface area contributed by atoms with E-state index in [1.165, 1.54) is 10.5 Å². The summed E-state index contributed by atoms with van der Waals surface area (Å²) in [5.41, 5.74) is 0. The second kappa shape index (κ2) is 6.17. The third-order valence-corrected chi connectivity index (χ3v) is 5.17. The van der Waals surface area contributed by atoms with Crippen LogP contribution in [0.2, 0.25) is 0 Å². The van der Waals surface area contributed by atoms with E-state index in [9.17, 15) is 8.42 Å². The van der Waals surface area contributed by atoms with Crippen LogP contribution in [0.5, 0.6) is 0 Å². The predicted octanol–water partition coefficient (Wildman–Crippen LogP) is 1.21. The second-order valence-electron chi connectivity index (χ2n) is 4.49. The summed E-state index contributed by atoms with van der Waals surface area (Å²) in [7, 11) is -3.62. The molecule has 0 bridgehead atoms. The summed E-state index contributed by atoms with van der Waals surface area (Å²) in [6.07, 6.45) is 3.14. The number of aromatic nitrogens is 1. The lowest BCUT2D eigenvalue weighted by Crippen LogP contribution is -2.43. The van der Waals surface area contributed by atoms with Crippen LogP contribution in [-0.4, -0.2) is 42.5 Å². The Bertz CT molecular complexity index is 538. The van der Waals surface area contributed by atoms with Gasteiger partial charge in [0.25, 0.3) is 0 Å². The fraction of sp³-hybridized carbons (Fsp3) is 0.545. The van der Waals surface area contributed by atoms with Gasteiger partial charge in [0.15, 0.2) is 5.82 Å². The molecule has 0 amide bonds. The number of nitrogens with zero attached hydrogens (tertiary/aromatic N) is 2. The first kappa shape index (κ1) is 14.7. The molecule has 8 heteroatoms. The molecule has 2 N–H and O–H groups in total. The molecular formula is C11H16BrN3O3S. The third kappa shape index (κ3) is 3.65. The van der Waals surface area contributed by atoms with Crippen LogP contribution in [0.4, 0.5) is 5.82 Å². The molecule has 1 aromatic heterocycles. The average Bonchev–Trinajstić information content (AvgIpc) is 2.41. The quantitative estimate of drug-likeness (QED) is 0.855. The highest BCUT2D eigenvalue weighted by molar-refractivity contribution is 9.10. The summed E-state index contributed by atoms with van der Waals surface area (Å²) in [6, 6.07) is 3.43. The van der Waals surface area contributed by atoms with Crippen molar-refractivity contribution in [3.05, 3.63) is 22.8 Å². The molecule has 1 aromatic rings. The van der Waals surface area contributed by atoms with Gasteiger partial charge < -0.3 is 5.11 Å². The van der Waals surface area contributed by atoms with Gasteiger partial charge in [0.05, 0.1) is 4.47 Å². The van der Waals surface area contributed by atoms with Crippen molar-refractivity contribution in [2.24, 2.45) is 5.92 Å². The van der Waals surface area contributed by atoms with E-state index < -0.39 is 10.2 Å². The zero-order valence-electron chi connectivity index (χ0n) is 10.3. The molecule has 0 radical (unpaired) electrons. The van der Waals surface area contributed by atoms with Gasteiger partial charge in [-0.15, -0.1) is 0 Å². The minimum absolute atomic E-state index is 0.0116. The van der Waals surface area contributed by atoms with Gasteiger partial charge in [-0.2, -0.15) is 12.7 Å². The van der Waals surface area contributed by atoms with Crippen molar-refractivity contribution in [1.29, 1.82) is 0 Å². The van der Waals surface area contributed by atoms with Crippen LogP contribution >= 0.6 is 15.9 Å².